The predicted octanol–water partition coefficient (Wildman–Crippen LogP) is 1.54. The number of hydrogen-bond donors (Lipinski definition) is 1. The Morgan fingerprint density at radius 1 is 1.37 bits per heavy atom. The first-order valence-corrected chi connectivity index (χ1v) is 9.56. The number of nitrogens with one attached hydrogen (secondary N) is 1. The molecule has 1 N–H and O–H groups in total. The van der Waals surface area contributed by atoms with Gasteiger partial charge < -0.3 is 14.6 Å². The van der Waals surface area contributed by atoms with E-state index in [1.54, 1.807) is 7.11 Å². The Balaban J connectivity index is 1.62. The highest BCUT2D eigenvalue weighted by molar-refractivity contribution is 5.78. The van der Waals surface area contributed by atoms with Crippen LogP contribution in [0, 0.1) is 0 Å². The Morgan fingerprint density at radius 2 is 2.19 bits per heavy atom. The summed E-state index contributed by atoms with van der Waals surface area (Å²) < 4.78 is 9.12. The maximum Gasteiger partial charge on any atom is 0.226 e. The molecule has 2 aromatic rings. The van der Waals surface area contributed by atoms with Gasteiger partial charge in [0.25, 0.3) is 0 Å². The first-order valence-electron chi connectivity index (χ1n) is 9.56. The van der Waals surface area contributed by atoms with Crippen molar-refractivity contribution in [2.45, 2.75) is 52.4 Å². The van der Waals surface area contributed by atoms with E-state index < -0.39 is 0 Å². The largest absolute Gasteiger partial charge is 0.383 e. The van der Waals surface area contributed by atoms with Gasteiger partial charge in [-0.15, -0.1) is 0 Å². The lowest BCUT2D eigenvalue weighted by molar-refractivity contribution is -0.120. The first kappa shape index (κ1) is 19.6. The second kappa shape index (κ2) is 8.67. The topological polar surface area (TPSA) is 77.2 Å². The highest BCUT2D eigenvalue weighted by Crippen LogP contribution is 2.26. The molecular formula is C19H30N6O2. The van der Waals surface area contributed by atoms with Crippen molar-refractivity contribution < 1.29 is 9.53 Å². The molecule has 8 nitrogen and oxygen atoms in total. The van der Waals surface area contributed by atoms with Gasteiger partial charge in [0.1, 0.15) is 5.82 Å². The van der Waals surface area contributed by atoms with Crippen molar-refractivity contribution in [1.29, 1.82) is 0 Å². The summed E-state index contributed by atoms with van der Waals surface area (Å²) in [5.74, 6) is 1.00. The zero-order chi connectivity index (χ0) is 19.4. The van der Waals surface area contributed by atoms with Crippen LogP contribution in [0.15, 0.2) is 18.6 Å². The molecule has 1 atom stereocenters. The summed E-state index contributed by atoms with van der Waals surface area (Å²) in [6, 6.07) is 0.570. The van der Waals surface area contributed by atoms with E-state index in [1.165, 1.54) is 5.56 Å². The number of hydrogen-bond acceptors (Lipinski definition) is 5. The molecule has 8 heteroatoms. The van der Waals surface area contributed by atoms with Crippen molar-refractivity contribution in [3.8, 4) is 0 Å². The number of carbonyl (C=O) groups is 1. The second-order valence-electron chi connectivity index (χ2n) is 7.37. The lowest BCUT2D eigenvalue weighted by Crippen LogP contribution is -2.36. The van der Waals surface area contributed by atoms with Crippen LogP contribution >= 0.6 is 0 Å². The van der Waals surface area contributed by atoms with Crippen molar-refractivity contribution in [2.24, 2.45) is 0 Å². The zero-order valence-electron chi connectivity index (χ0n) is 16.7. The monoisotopic (exact) mass is 374 g/mol. The van der Waals surface area contributed by atoms with E-state index in [-0.39, 0.29) is 11.9 Å². The van der Waals surface area contributed by atoms with Gasteiger partial charge >= 0.3 is 0 Å². The van der Waals surface area contributed by atoms with Crippen LogP contribution in [0.1, 0.15) is 49.9 Å². The molecule has 1 aliphatic heterocycles. The van der Waals surface area contributed by atoms with E-state index in [0.29, 0.717) is 25.6 Å². The van der Waals surface area contributed by atoms with E-state index in [1.807, 2.05) is 17.1 Å². The van der Waals surface area contributed by atoms with Crippen LogP contribution < -0.4 is 5.32 Å². The fraction of sp³-hybridized carbons (Fsp3) is 0.632. The minimum atomic E-state index is -0.0203. The lowest BCUT2D eigenvalue weighted by atomic mass is 10.2. The molecule has 0 aliphatic carbocycles. The molecule has 1 amide bonds. The van der Waals surface area contributed by atoms with Gasteiger partial charge in [0.05, 0.1) is 31.0 Å². The third-order valence-corrected chi connectivity index (χ3v) is 4.95. The Labute approximate surface area is 160 Å². The number of fused-ring (bicyclic) bond motifs is 1. The quantitative estimate of drug-likeness (QED) is 0.710. The fourth-order valence-electron chi connectivity index (χ4n) is 3.39. The number of imidazole rings is 1. The van der Waals surface area contributed by atoms with Crippen LogP contribution in [-0.2, 0) is 29.0 Å². The van der Waals surface area contributed by atoms with Gasteiger partial charge in [-0.25, -0.2) is 4.98 Å². The van der Waals surface area contributed by atoms with Crippen molar-refractivity contribution >= 4 is 5.91 Å². The third-order valence-electron chi connectivity index (χ3n) is 4.95. The zero-order valence-corrected chi connectivity index (χ0v) is 16.7. The van der Waals surface area contributed by atoms with Gasteiger partial charge in [-0.05, 0) is 20.8 Å². The molecule has 1 aliphatic rings. The molecule has 27 heavy (non-hydrogen) atoms. The predicted molar refractivity (Wildman–Crippen MR) is 102 cm³/mol. The molecule has 0 aromatic carbocycles. The van der Waals surface area contributed by atoms with Gasteiger partial charge in [0, 0.05) is 57.3 Å². The summed E-state index contributed by atoms with van der Waals surface area (Å²) in [5, 5.41) is 7.28. The van der Waals surface area contributed by atoms with Crippen molar-refractivity contribution in [1.82, 2.24) is 29.5 Å². The van der Waals surface area contributed by atoms with Crippen molar-refractivity contribution in [3.63, 3.8) is 0 Å². The van der Waals surface area contributed by atoms with E-state index in [2.05, 4.69) is 46.9 Å². The Hall–Kier alpha value is -2.19. The highest BCUT2D eigenvalue weighted by atomic mass is 16.5. The van der Waals surface area contributed by atoms with Gasteiger partial charge in [0.2, 0.25) is 5.91 Å². The van der Waals surface area contributed by atoms with E-state index in [4.69, 9.17) is 9.72 Å². The average molecular weight is 374 g/mol. The average Bonchev–Trinajstić information content (AvgIpc) is 3.25. The summed E-state index contributed by atoms with van der Waals surface area (Å²) in [6.45, 7) is 10.2. The molecule has 0 saturated carbocycles. The number of methoxy groups -OCH3 is 1. The molecule has 0 bridgehead atoms. The summed E-state index contributed by atoms with van der Waals surface area (Å²) in [4.78, 5) is 19.2. The number of ether oxygens (including phenoxy) is 1. The van der Waals surface area contributed by atoms with Crippen LogP contribution in [0.25, 0.3) is 0 Å². The Bertz CT molecular complexity index is 766. The summed E-state index contributed by atoms with van der Waals surface area (Å²) >= 11 is 0. The maximum absolute atomic E-state index is 12.0. The molecule has 0 spiro atoms. The van der Waals surface area contributed by atoms with Crippen LogP contribution in [-0.4, -0.2) is 56.9 Å². The number of rotatable bonds is 8. The minimum Gasteiger partial charge on any atom is -0.383 e. The van der Waals surface area contributed by atoms with E-state index in [0.717, 1.165) is 31.2 Å². The number of nitrogens with zero attached hydrogens (tertiary/aromatic N) is 5. The highest BCUT2D eigenvalue weighted by Gasteiger charge is 2.27. The van der Waals surface area contributed by atoms with Gasteiger partial charge in [-0.1, -0.05) is 0 Å². The van der Waals surface area contributed by atoms with Gasteiger partial charge in [-0.2, -0.15) is 5.10 Å². The van der Waals surface area contributed by atoms with Crippen molar-refractivity contribution in [2.75, 3.05) is 26.8 Å². The number of carbonyl (C=O) groups excluding carboxylic acids is 1. The molecular weight excluding hydrogens is 344 g/mol. The molecule has 2 aromatic heterocycles. The van der Waals surface area contributed by atoms with Gasteiger partial charge in [0.15, 0.2) is 0 Å². The van der Waals surface area contributed by atoms with Crippen molar-refractivity contribution in [3.05, 3.63) is 35.7 Å². The number of aromatic nitrogens is 4. The lowest BCUT2D eigenvalue weighted by Gasteiger charge is -2.33. The van der Waals surface area contributed by atoms with Crippen LogP contribution in [0.3, 0.4) is 0 Å². The Kier molecular flexibility index (Phi) is 6.28. The molecule has 0 radical (unpaired) electrons. The van der Waals surface area contributed by atoms with Gasteiger partial charge in [-0.3, -0.25) is 14.4 Å². The molecule has 3 heterocycles. The number of amides is 1. The Morgan fingerprint density at radius 3 is 2.89 bits per heavy atom. The SMILES string of the molecule is COCCNC(=O)Cc1cn2c(n1)C(C)N(Cc1cnn(C(C)C)c1)CC2. The molecule has 1 unspecified atom stereocenters. The summed E-state index contributed by atoms with van der Waals surface area (Å²) in [7, 11) is 1.62. The normalized spacial score (nSPS) is 17.3. The standard InChI is InChI=1S/C19H30N6O2/c1-14(2)25-12-16(10-21-25)11-23-6-7-24-13-17(22-19(24)15(23)3)9-18(26)20-5-8-27-4/h10,12-15H,5-9,11H2,1-4H3,(H,20,26). The first-order chi connectivity index (χ1) is 13.0. The van der Waals surface area contributed by atoms with Crippen LogP contribution in [0.5, 0.6) is 0 Å². The molecule has 148 valence electrons. The molecule has 0 saturated heterocycles. The minimum absolute atomic E-state index is 0.0203. The molecule has 0 fully saturated rings. The van der Waals surface area contributed by atoms with Crippen LogP contribution in [0.2, 0.25) is 0 Å². The second-order valence-corrected chi connectivity index (χ2v) is 7.37. The summed E-state index contributed by atoms with van der Waals surface area (Å²) in [6.07, 6.45) is 6.38. The molecule has 3 rings (SSSR count). The van der Waals surface area contributed by atoms with Crippen LogP contribution in [0.4, 0.5) is 0 Å². The third kappa shape index (κ3) is 4.75. The maximum atomic E-state index is 12.0. The van der Waals surface area contributed by atoms with E-state index in [9.17, 15) is 4.79 Å². The smallest absolute Gasteiger partial charge is 0.226 e. The summed E-state index contributed by atoms with van der Waals surface area (Å²) in [5.41, 5.74) is 2.04. The van der Waals surface area contributed by atoms with E-state index >= 15 is 0 Å². The fourth-order valence-corrected chi connectivity index (χ4v) is 3.39.